The molecule has 110 valence electrons. The van der Waals surface area contributed by atoms with E-state index in [9.17, 15) is 4.79 Å². The Morgan fingerprint density at radius 1 is 1.24 bits per heavy atom. The number of rotatable bonds is 5. The summed E-state index contributed by atoms with van der Waals surface area (Å²) >= 11 is 13.4. The Hall–Kier alpha value is -0.980. The number of carbonyl (C=O) groups is 1. The Kier molecular flexibility index (Phi) is 5.72. The van der Waals surface area contributed by atoms with E-state index in [1.54, 1.807) is 24.3 Å². The predicted octanol–water partition coefficient (Wildman–Crippen LogP) is 4.91. The van der Waals surface area contributed by atoms with Crippen molar-refractivity contribution < 1.29 is 14.3 Å². The molecule has 6 heteroatoms. The van der Waals surface area contributed by atoms with E-state index in [1.807, 2.05) is 12.1 Å². The van der Waals surface area contributed by atoms with Crippen LogP contribution in [0.15, 0.2) is 36.4 Å². The van der Waals surface area contributed by atoms with E-state index in [0.717, 1.165) is 9.13 Å². The molecule has 0 atom stereocenters. The quantitative estimate of drug-likeness (QED) is 0.493. The number of ether oxygens (including phenoxy) is 2. The van der Waals surface area contributed by atoms with Crippen molar-refractivity contribution in [3.63, 3.8) is 0 Å². The van der Waals surface area contributed by atoms with Crippen molar-refractivity contribution in [2.75, 3.05) is 7.11 Å². The Morgan fingerprint density at radius 2 is 1.90 bits per heavy atom. The Morgan fingerprint density at radius 3 is 2.48 bits per heavy atom. The average Bonchev–Trinajstić information content (AvgIpc) is 2.46. The second-order valence-electron chi connectivity index (χ2n) is 4.18. The van der Waals surface area contributed by atoms with Gasteiger partial charge in [-0.25, -0.2) is 0 Å². The van der Waals surface area contributed by atoms with Gasteiger partial charge in [-0.3, -0.25) is 4.79 Å². The van der Waals surface area contributed by atoms with Gasteiger partial charge in [-0.15, -0.1) is 0 Å². The van der Waals surface area contributed by atoms with Crippen LogP contribution in [0.1, 0.15) is 15.9 Å². The van der Waals surface area contributed by atoms with Gasteiger partial charge in [0, 0.05) is 10.6 Å². The molecule has 0 saturated heterocycles. The number of methoxy groups -OCH3 is 1. The van der Waals surface area contributed by atoms with Crippen molar-refractivity contribution in [3.8, 4) is 11.5 Å². The first-order valence-corrected chi connectivity index (χ1v) is 7.79. The Balaban J connectivity index is 2.23. The van der Waals surface area contributed by atoms with E-state index < -0.39 is 5.24 Å². The normalized spacial score (nSPS) is 10.3. The van der Waals surface area contributed by atoms with Crippen molar-refractivity contribution in [1.82, 2.24) is 0 Å². The number of halogens is 3. The summed E-state index contributed by atoms with van der Waals surface area (Å²) in [5, 5.41) is 0.145. The first-order chi connectivity index (χ1) is 10.0. The molecule has 0 heterocycles. The molecular formula is C15H11Cl2IO3. The first kappa shape index (κ1) is 16.4. The van der Waals surface area contributed by atoms with Gasteiger partial charge in [-0.2, -0.15) is 0 Å². The van der Waals surface area contributed by atoms with E-state index in [1.165, 1.54) is 7.11 Å². The Bertz CT molecular complexity index is 657. The molecule has 0 spiro atoms. The van der Waals surface area contributed by atoms with Crippen LogP contribution in [0.2, 0.25) is 5.02 Å². The smallest absolute Gasteiger partial charge is 0.252 e. The van der Waals surface area contributed by atoms with Crippen molar-refractivity contribution in [3.05, 3.63) is 56.1 Å². The van der Waals surface area contributed by atoms with Crippen LogP contribution < -0.4 is 9.47 Å². The maximum absolute atomic E-state index is 11.2. The fraction of sp³-hybridized carbons (Fsp3) is 0.133. The van der Waals surface area contributed by atoms with Gasteiger partial charge in [-0.1, -0.05) is 23.7 Å². The van der Waals surface area contributed by atoms with Crippen LogP contribution >= 0.6 is 45.8 Å². The molecule has 0 aliphatic rings. The van der Waals surface area contributed by atoms with E-state index in [2.05, 4.69) is 22.6 Å². The lowest BCUT2D eigenvalue weighted by Gasteiger charge is -2.13. The fourth-order valence-corrected chi connectivity index (χ4v) is 2.70. The van der Waals surface area contributed by atoms with E-state index in [4.69, 9.17) is 32.7 Å². The molecule has 0 aliphatic carbocycles. The standard InChI is InChI=1S/C15H11Cl2IO3/c1-20-13-7-10(15(17)19)6-12(18)14(13)21-8-9-2-4-11(16)5-3-9/h2-7H,8H2,1H3. The highest BCUT2D eigenvalue weighted by molar-refractivity contribution is 14.1. The lowest BCUT2D eigenvalue weighted by molar-refractivity contribution is 0.108. The lowest BCUT2D eigenvalue weighted by Crippen LogP contribution is -2.01. The third-order valence-corrected chi connectivity index (χ3v) is 4.02. The lowest BCUT2D eigenvalue weighted by atomic mass is 10.2. The van der Waals surface area contributed by atoms with Gasteiger partial charge in [0.25, 0.3) is 5.24 Å². The van der Waals surface area contributed by atoms with Gasteiger partial charge in [0.2, 0.25) is 0 Å². The third kappa shape index (κ3) is 4.25. The molecule has 0 radical (unpaired) electrons. The molecule has 0 fully saturated rings. The molecular weight excluding hydrogens is 426 g/mol. The summed E-state index contributed by atoms with van der Waals surface area (Å²) in [6.45, 7) is 0.373. The van der Waals surface area contributed by atoms with Crippen molar-refractivity contribution in [2.24, 2.45) is 0 Å². The molecule has 2 aromatic rings. The van der Waals surface area contributed by atoms with Gasteiger partial charge in [0.15, 0.2) is 11.5 Å². The minimum atomic E-state index is -0.532. The summed E-state index contributed by atoms with van der Waals surface area (Å²) in [6, 6.07) is 10.6. The van der Waals surface area contributed by atoms with Gasteiger partial charge < -0.3 is 9.47 Å². The van der Waals surface area contributed by atoms with Crippen molar-refractivity contribution >= 4 is 51.0 Å². The van der Waals surface area contributed by atoms with Gasteiger partial charge >= 0.3 is 0 Å². The highest BCUT2D eigenvalue weighted by Gasteiger charge is 2.14. The van der Waals surface area contributed by atoms with E-state index in [-0.39, 0.29) is 0 Å². The molecule has 0 aliphatic heterocycles. The molecule has 0 N–H and O–H groups in total. The van der Waals surface area contributed by atoms with Gasteiger partial charge in [-0.05, 0) is 64.0 Å². The second kappa shape index (κ2) is 7.33. The minimum absolute atomic E-state index is 0.372. The van der Waals surface area contributed by atoms with Gasteiger partial charge in [0.05, 0.1) is 10.7 Å². The van der Waals surface area contributed by atoms with Crippen LogP contribution in [-0.2, 0) is 6.61 Å². The summed E-state index contributed by atoms with van der Waals surface area (Å²) in [5.74, 6) is 1.05. The highest BCUT2D eigenvalue weighted by atomic mass is 127. The summed E-state index contributed by atoms with van der Waals surface area (Å²) in [5.41, 5.74) is 1.35. The molecule has 0 saturated carbocycles. The average molecular weight is 437 g/mol. The van der Waals surface area contributed by atoms with Gasteiger partial charge in [0.1, 0.15) is 6.61 Å². The molecule has 2 aromatic carbocycles. The van der Waals surface area contributed by atoms with Crippen LogP contribution in [-0.4, -0.2) is 12.4 Å². The minimum Gasteiger partial charge on any atom is -0.493 e. The van der Waals surface area contributed by atoms with Crippen molar-refractivity contribution in [1.29, 1.82) is 0 Å². The van der Waals surface area contributed by atoms with E-state index >= 15 is 0 Å². The summed E-state index contributed by atoms with van der Waals surface area (Å²) in [4.78, 5) is 11.2. The van der Waals surface area contributed by atoms with Crippen LogP contribution in [0.5, 0.6) is 11.5 Å². The maximum atomic E-state index is 11.2. The van der Waals surface area contributed by atoms with E-state index in [0.29, 0.717) is 28.7 Å². The zero-order valence-electron chi connectivity index (χ0n) is 11.0. The molecule has 0 bridgehead atoms. The monoisotopic (exact) mass is 436 g/mol. The molecule has 0 amide bonds. The maximum Gasteiger partial charge on any atom is 0.252 e. The van der Waals surface area contributed by atoms with Crippen LogP contribution in [0.4, 0.5) is 0 Å². The molecule has 21 heavy (non-hydrogen) atoms. The van der Waals surface area contributed by atoms with Crippen LogP contribution in [0.25, 0.3) is 0 Å². The summed E-state index contributed by atoms with van der Waals surface area (Å²) < 4.78 is 11.8. The predicted molar refractivity (Wildman–Crippen MR) is 91.7 cm³/mol. The van der Waals surface area contributed by atoms with Crippen LogP contribution in [0, 0.1) is 3.57 Å². The topological polar surface area (TPSA) is 35.5 Å². The highest BCUT2D eigenvalue weighted by Crippen LogP contribution is 2.35. The molecule has 0 unspecified atom stereocenters. The van der Waals surface area contributed by atoms with Crippen LogP contribution in [0.3, 0.4) is 0 Å². The fourth-order valence-electron chi connectivity index (χ4n) is 1.71. The summed E-state index contributed by atoms with van der Waals surface area (Å²) in [6.07, 6.45) is 0. The number of hydrogen-bond donors (Lipinski definition) is 0. The second-order valence-corrected chi connectivity index (χ2v) is 6.12. The number of benzene rings is 2. The molecule has 2 rings (SSSR count). The SMILES string of the molecule is COc1cc(C(=O)Cl)cc(I)c1OCc1ccc(Cl)cc1. The first-order valence-electron chi connectivity index (χ1n) is 5.96. The van der Waals surface area contributed by atoms with Crippen molar-refractivity contribution in [2.45, 2.75) is 6.61 Å². The molecule has 0 aromatic heterocycles. The Labute approximate surface area is 146 Å². The molecule has 3 nitrogen and oxygen atoms in total. The third-order valence-electron chi connectivity index (χ3n) is 2.75. The number of hydrogen-bond acceptors (Lipinski definition) is 3. The largest absolute Gasteiger partial charge is 0.493 e. The summed E-state index contributed by atoms with van der Waals surface area (Å²) in [7, 11) is 1.52. The zero-order valence-corrected chi connectivity index (χ0v) is 14.7. The zero-order chi connectivity index (χ0) is 15.4. The number of carbonyl (C=O) groups excluding carboxylic acids is 1.